The molecule has 0 saturated carbocycles. The van der Waals surface area contributed by atoms with Gasteiger partial charge in [-0.25, -0.2) is 9.68 Å². The number of alkyl carbamates (subject to hydrolysis) is 1. The van der Waals surface area contributed by atoms with Gasteiger partial charge in [-0.1, -0.05) is 18.2 Å². The number of hydrogen-bond donors (Lipinski definition) is 1. The predicted octanol–water partition coefficient (Wildman–Crippen LogP) is 3.09. The Bertz CT molecular complexity index is 675. The summed E-state index contributed by atoms with van der Waals surface area (Å²) in [6.45, 7) is 10.6. The first-order valence-electron chi connectivity index (χ1n) is 8.11. The highest BCUT2D eigenvalue weighted by molar-refractivity contribution is 6.07. The molecule has 1 aliphatic rings. The number of carbonyl (C=O) groups is 2. The zero-order valence-corrected chi connectivity index (χ0v) is 15.8. The van der Waals surface area contributed by atoms with Gasteiger partial charge in [0, 0.05) is 12.6 Å². The molecular weight excluding hydrogens is 324 g/mol. The summed E-state index contributed by atoms with van der Waals surface area (Å²) in [6, 6.07) is 7.04. The van der Waals surface area contributed by atoms with E-state index in [4.69, 9.17) is 14.5 Å². The monoisotopic (exact) mass is 350 g/mol. The summed E-state index contributed by atoms with van der Waals surface area (Å²) in [5.74, 6) is -0.469. The molecule has 0 spiro atoms. The van der Waals surface area contributed by atoms with Crippen LogP contribution in [0.2, 0.25) is 0 Å². The first-order valence-corrected chi connectivity index (χ1v) is 8.11. The third-order valence-electron chi connectivity index (χ3n) is 3.34. The highest BCUT2D eigenvalue weighted by Gasteiger charge is 2.55. The Morgan fingerprint density at radius 1 is 1.08 bits per heavy atom. The van der Waals surface area contributed by atoms with E-state index in [2.05, 4.69) is 5.32 Å². The van der Waals surface area contributed by atoms with Crippen molar-refractivity contribution in [3.63, 3.8) is 0 Å². The van der Waals surface area contributed by atoms with Crippen molar-refractivity contribution < 1.29 is 24.1 Å². The van der Waals surface area contributed by atoms with E-state index in [1.165, 1.54) is 4.90 Å². The number of benzene rings is 1. The number of carbonyl (C=O) groups excluding carboxylic acids is 2. The molecule has 1 aromatic rings. The van der Waals surface area contributed by atoms with Crippen LogP contribution in [0.15, 0.2) is 24.3 Å². The lowest BCUT2D eigenvalue weighted by atomic mass is 10.0. The van der Waals surface area contributed by atoms with Crippen LogP contribution >= 0.6 is 0 Å². The Labute approximate surface area is 148 Å². The van der Waals surface area contributed by atoms with E-state index < -0.39 is 28.9 Å². The third-order valence-corrected chi connectivity index (χ3v) is 3.34. The van der Waals surface area contributed by atoms with E-state index in [0.717, 1.165) is 0 Å². The summed E-state index contributed by atoms with van der Waals surface area (Å²) in [5, 5.41) is 2.56. The summed E-state index contributed by atoms with van der Waals surface area (Å²) >= 11 is 0. The molecule has 1 heterocycles. The first-order chi connectivity index (χ1) is 11.4. The number of para-hydroxylation sites is 1. The Balaban J connectivity index is 2.43. The molecule has 138 valence electrons. The average Bonchev–Trinajstić information content (AvgIpc) is 2.66. The van der Waals surface area contributed by atoms with Gasteiger partial charge < -0.3 is 9.64 Å². The van der Waals surface area contributed by atoms with Gasteiger partial charge in [-0.2, -0.15) is 4.89 Å². The lowest BCUT2D eigenvalue weighted by molar-refractivity contribution is -0.401. The van der Waals surface area contributed by atoms with E-state index in [1.54, 1.807) is 72.9 Å². The Kier molecular flexibility index (Phi) is 4.85. The van der Waals surface area contributed by atoms with Gasteiger partial charge in [-0.15, -0.1) is 0 Å². The van der Waals surface area contributed by atoms with Gasteiger partial charge in [-0.05, 0) is 47.6 Å². The smallest absolute Gasteiger partial charge is 0.410 e. The second kappa shape index (κ2) is 6.31. The number of nitrogens with one attached hydrogen (secondary N) is 1. The molecule has 1 aromatic carbocycles. The van der Waals surface area contributed by atoms with Crippen molar-refractivity contribution in [1.82, 2.24) is 5.32 Å². The maximum absolute atomic E-state index is 13.0. The molecule has 1 aliphatic heterocycles. The fraction of sp³-hybridized carbons (Fsp3) is 0.556. The Hall–Kier alpha value is -2.12. The van der Waals surface area contributed by atoms with Crippen LogP contribution in [0.3, 0.4) is 0 Å². The van der Waals surface area contributed by atoms with Crippen molar-refractivity contribution in [3.05, 3.63) is 29.8 Å². The number of rotatable bonds is 3. The number of ether oxygens (including phenoxy) is 1. The van der Waals surface area contributed by atoms with Crippen molar-refractivity contribution in [2.45, 2.75) is 58.5 Å². The number of amides is 2. The van der Waals surface area contributed by atoms with E-state index in [-0.39, 0.29) is 0 Å². The van der Waals surface area contributed by atoms with Crippen LogP contribution in [0.4, 0.5) is 10.5 Å². The SMILES string of the molecule is CN1C(=O)[C@](NC(=O)OC(C)(C)C)(OOC(C)(C)C)c2ccccc21. The second-order valence-corrected chi connectivity index (χ2v) is 7.97. The van der Waals surface area contributed by atoms with Crippen molar-refractivity contribution in [1.29, 1.82) is 0 Å². The van der Waals surface area contributed by atoms with Crippen molar-refractivity contribution in [2.24, 2.45) is 0 Å². The van der Waals surface area contributed by atoms with Crippen LogP contribution < -0.4 is 10.2 Å². The van der Waals surface area contributed by atoms with Crippen LogP contribution in [0.25, 0.3) is 0 Å². The normalized spacial score (nSPS) is 20.4. The van der Waals surface area contributed by atoms with Crippen molar-refractivity contribution in [3.8, 4) is 0 Å². The molecule has 0 bridgehead atoms. The van der Waals surface area contributed by atoms with Crippen LogP contribution in [-0.2, 0) is 25.0 Å². The maximum Gasteiger partial charge on any atom is 0.410 e. The minimum atomic E-state index is -1.80. The van der Waals surface area contributed by atoms with Gasteiger partial charge in [0.1, 0.15) is 5.60 Å². The summed E-state index contributed by atoms with van der Waals surface area (Å²) in [6.07, 6.45) is -0.775. The molecule has 1 N–H and O–H groups in total. The van der Waals surface area contributed by atoms with E-state index in [9.17, 15) is 9.59 Å². The van der Waals surface area contributed by atoms with Gasteiger partial charge >= 0.3 is 6.09 Å². The topological polar surface area (TPSA) is 77.1 Å². The highest BCUT2D eigenvalue weighted by atomic mass is 17.2. The van der Waals surface area contributed by atoms with Crippen molar-refractivity contribution >= 4 is 17.7 Å². The Morgan fingerprint density at radius 2 is 1.68 bits per heavy atom. The third kappa shape index (κ3) is 4.11. The van der Waals surface area contributed by atoms with Crippen molar-refractivity contribution in [2.75, 3.05) is 11.9 Å². The average molecular weight is 350 g/mol. The summed E-state index contributed by atoms with van der Waals surface area (Å²) < 4.78 is 5.30. The molecule has 7 heteroatoms. The summed E-state index contributed by atoms with van der Waals surface area (Å²) in [7, 11) is 1.61. The lowest BCUT2D eigenvalue weighted by Crippen LogP contribution is -2.56. The van der Waals surface area contributed by atoms with Crippen LogP contribution in [-0.4, -0.2) is 30.3 Å². The highest BCUT2D eigenvalue weighted by Crippen LogP contribution is 2.41. The predicted molar refractivity (Wildman–Crippen MR) is 92.8 cm³/mol. The quantitative estimate of drug-likeness (QED) is 0.515. The molecule has 0 aromatic heterocycles. The molecule has 2 rings (SSSR count). The number of likely N-dealkylation sites (N-methyl/N-ethyl adjacent to an activating group) is 1. The largest absolute Gasteiger partial charge is 0.444 e. The minimum absolute atomic E-state index is 0.469. The molecular formula is C18H26N2O5. The van der Waals surface area contributed by atoms with E-state index in [0.29, 0.717) is 11.3 Å². The second-order valence-electron chi connectivity index (χ2n) is 7.97. The first kappa shape index (κ1) is 19.2. The van der Waals surface area contributed by atoms with Gasteiger partial charge in [0.05, 0.1) is 11.3 Å². The fourth-order valence-corrected chi connectivity index (χ4v) is 2.38. The standard InChI is InChI=1S/C18H26N2O5/c1-16(2,3)23-15(22)19-18(25-24-17(4,5)6)12-10-8-9-11-13(12)20(7)14(18)21/h8-11H,1-7H3,(H,19,22)/t18-/m1/s1. The van der Waals surface area contributed by atoms with E-state index in [1.807, 2.05) is 0 Å². The summed E-state index contributed by atoms with van der Waals surface area (Å²) in [5.41, 5.74) is -2.10. The number of hydrogen-bond acceptors (Lipinski definition) is 5. The molecule has 0 saturated heterocycles. The Morgan fingerprint density at radius 3 is 2.24 bits per heavy atom. The minimum Gasteiger partial charge on any atom is -0.444 e. The molecule has 0 radical (unpaired) electrons. The fourth-order valence-electron chi connectivity index (χ4n) is 2.38. The zero-order chi connectivity index (χ0) is 19.0. The number of fused-ring (bicyclic) bond motifs is 1. The van der Waals surface area contributed by atoms with Crippen LogP contribution in [0.1, 0.15) is 47.1 Å². The molecule has 0 fully saturated rings. The van der Waals surface area contributed by atoms with Gasteiger partial charge in [0.15, 0.2) is 0 Å². The van der Waals surface area contributed by atoms with Gasteiger partial charge in [0.2, 0.25) is 0 Å². The lowest BCUT2D eigenvalue weighted by Gasteiger charge is -2.32. The molecule has 7 nitrogen and oxygen atoms in total. The van der Waals surface area contributed by atoms with E-state index >= 15 is 0 Å². The molecule has 1 atom stereocenters. The molecule has 0 aliphatic carbocycles. The summed E-state index contributed by atoms with van der Waals surface area (Å²) in [4.78, 5) is 37.7. The van der Waals surface area contributed by atoms with Gasteiger partial charge in [0.25, 0.3) is 11.6 Å². The number of anilines is 1. The molecule has 0 unspecified atom stereocenters. The molecule has 2 amide bonds. The molecule has 25 heavy (non-hydrogen) atoms. The van der Waals surface area contributed by atoms with Crippen LogP contribution in [0.5, 0.6) is 0 Å². The van der Waals surface area contributed by atoms with Crippen LogP contribution in [0, 0.1) is 0 Å². The maximum atomic E-state index is 13.0. The number of nitrogens with zero attached hydrogens (tertiary/aromatic N) is 1. The van der Waals surface area contributed by atoms with Gasteiger partial charge in [-0.3, -0.25) is 10.1 Å². The zero-order valence-electron chi connectivity index (χ0n) is 15.8.